The Kier molecular flexibility index (Phi) is 6.44. The maximum Gasteiger partial charge on any atom is 0.145 e. The maximum atomic E-state index is 5.83. The Bertz CT molecular complexity index is 1310. The molecule has 6 rings (SSSR count). The molecular weight excluding hydrogens is 452 g/mol. The van der Waals surface area contributed by atoms with Crippen molar-refractivity contribution >= 4 is 11.4 Å². The highest BCUT2D eigenvalue weighted by molar-refractivity contribution is 5.67. The van der Waals surface area contributed by atoms with Crippen LogP contribution in [0.4, 0.5) is 11.4 Å². The number of rotatable bonds is 9. The van der Waals surface area contributed by atoms with Crippen LogP contribution in [0, 0.1) is 0 Å². The number of benzene rings is 4. The van der Waals surface area contributed by atoms with Crippen molar-refractivity contribution in [2.75, 3.05) is 26.4 Å². The van der Waals surface area contributed by atoms with E-state index in [1.807, 2.05) is 48.5 Å². The molecule has 4 aromatic rings. The van der Waals surface area contributed by atoms with Crippen LogP contribution in [0.3, 0.4) is 0 Å². The van der Waals surface area contributed by atoms with Gasteiger partial charge in [0, 0.05) is 0 Å². The average Bonchev–Trinajstić information content (AvgIpc) is 3.75. The summed E-state index contributed by atoms with van der Waals surface area (Å²) < 4.78 is 21.9. The zero-order valence-corrected chi connectivity index (χ0v) is 19.7. The lowest BCUT2D eigenvalue weighted by molar-refractivity contribution is -0.0796. The largest absolute Gasteiger partial charge is 0.491 e. The second kappa shape index (κ2) is 10.3. The van der Waals surface area contributed by atoms with Gasteiger partial charge in [-0.1, -0.05) is 48.5 Å². The van der Waals surface area contributed by atoms with Gasteiger partial charge in [0.05, 0.1) is 31.2 Å². The second-order valence-electron chi connectivity index (χ2n) is 8.89. The Morgan fingerprint density at radius 3 is 1.44 bits per heavy atom. The van der Waals surface area contributed by atoms with Crippen LogP contribution in [0.25, 0.3) is 22.3 Å². The highest BCUT2D eigenvalue weighted by Gasteiger charge is 2.23. The van der Waals surface area contributed by atoms with E-state index >= 15 is 0 Å². The Morgan fingerprint density at radius 2 is 1.03 bits per heavy atom. The summed E-state index contributed by atoms with van der Waals surface area (Å²) in [6.07, 6.45) is 0.436. The molecule has 0 bridgehead atoms. The summed E-state index contributed by atoms with van der Waals surface area (Å²) in [4.78, 5) is 0. The third-order valence-electron chi connectivity index (χ3n) is 6.14. The predicted octanol–water partition coefficient (Wildman–Crippen LogP) is 6.99. The van der Waals surface area contributed by atoms with Gasteiger partial charge in [0.25, 0.3) is 0 Å². The van der Waals surface area contributed by atoms with Crippen molar-refractivity contribution < 1.29 is 18.9 Å². The fourth-order valence-electron chi connectivity index (χ4n) is 3.85. The monoisotopic (exact) mass is 478 g/mol. The van der Waals surface area contributed by atoms with E-state index in [-0.39, 0.29) is 12.2 Å². The first kappa shape index (κ1) is 22.5. The number of nitrogens with zero attached hydrogens (tertiary/aromatic N) is 2. The molecule has 1 unspecified atom stereocenters. The average molecular weight is 479 g/mol. The van der Waals surface area contributed by atoms with Crippen molar-refractivity contribution in [3.8, 4) is 33.8 Å². The third kappa shape index (κ3) is 5.62. The van der Waals surface area contributed by atoms with Gasteiger partial charge >= 0.3 is 0 Å². The number of azo groups is 1. The van der Waals surface area contributed by atoms with E-state index in [1.165, 1.54) is 0 Å². The summed E-state index contributed by atoms with van der Waals surface area (Å²) in [5.74, 6) is 1.73. The van der Waals surface area contributed by atoms with Crippen LogP contribution in [0.15, 0.2) is 107 Å². The van der Waals surface area contributed by atoms with Crippen molar-refractivity contribution in [2.24, 2.45) is 10.2 Å². The summed E-state index contributed by atoms with van der Waals surface area (Å²) >= 11 is 0. The SMILES string of the molecule is c1cc(-c2ccc(OCC3CO3)cc2)ccc1N=Nc1ccc(-c2ccc(OC3COC3)cc2)cc1. The number of epoxide rings is 1. The summed E-state index contributed by atoms with van der Waals surface area (Å²) in [6, 6.07) is 32.3. The first-order valence-corrected chi connectivity index (χ1v) is 12.1. The van der Waals surface area contributed by atoms with E-state index in [2.05, 4.69) is 58.8 Å². The smallest absolute Gasteiger partial charge is 0.145 e. The molecule has 0 aliphatic carbocycles. The molecule has 0 spiro atoms. The van der Waals surface area contributed by atoms with E-state index in [0.717, 1.165) is 51.7 Å². The molecule has 36 heavy (non-hydrogen) atoms. The van der Waals surface area contributed by atoms with Crippen molar-refractivity contribution in [3.63, 3.8) is 0 Å². The van der Waals surface area contributed by atoms with Gasteiger partial charge < -0.3 is 18.9 Å². The first-order chi connectivity index (χ1) is 17.8. The highest BCUT2D eigenvalue weighted by Crippen LogP contribution is 2.28. The zero-order valence-electron chi connectivity index (χ0n) is 19.7. The van der Waals surface area contributed by atoms with Crippen LogP contribution < -0.4 is 9.47 Å². The summed E-state index contributed by atoms with van der Waals surface area (Å²) in [6.45, 7) is 2.75. The number of ether oxygens (including phenoxy) is 4. The Balaban J connectivity index is 1.05. The Hall–Kier alpha value is -4.00. The standard InChI is InChI=1S/C30H26N2O4/c1-9-25(10-2-21(1)23-5-13-27(14-6-23)34-19-29-20-35-29)31-32-26-11-3-22(4-12-26)24-7-15-28(16-8-24)36-30-17-33-18-30/h1-16,29-30H,17-20H2. The molecule has 2 aliphatic rings. The minimum atomic E-state index is 0.177. The number of hydrogen-bond acceptors (Lipinski definition) is 6. The van der Waals surface area contributed by atoms with E-state index in [0.29, 0.717) is 19.8 Å². The van der Waals surface area contributed by atoms with Crippen LogP contribution in [-0.4, -0.2) is 38.6 Å². The Morgan fingerprint density at radius 1 is 0.583 bits per heavy atom. The molecule has 2 aliphatic heterocycles. The quantitative estimate of drug-likeness (QED) is 0.192. The third-order valence-corrected chi connectivity index (χ3v) is 6.14. The fourth-order valence-corrected chi connectivity index (χ4v) is 3.85. The molecule has 2 fully saturated rings. The summed E-state index contributed by atoms with van der Waals surface area (Å²) in [7, 11) is 0. The van der Waals surface area contributed by atoms with Gasteiger partial charge in [0.2, 0.25) is 0 Å². The fraction of sp³-hybridized carbons (Fsp3) is 0.200. The molecule has 6 heteroatoms. The predicted molar refractivity (Wildman–Crippen MR) is 138 cm³/mol. The lowest BCUT2D eigenvalue weighted by atomic mass is 10.1. The molecule has 4 aromatic carbocycles. The molecule has 0 radical (unpaired) electrons. The topological polar surface area (TPSA) is 64.9 Å². The van der Waals surface area contributed by atoms with Crippen LogP contribution in [0.5, 0.6) is 11.5 Å². The van der Waals surface area contributed by atoms with Crippen molar-refractivity contribution in [1.82, 2.24) is 0 Å². The lowest BCUT2D eigenvalue weighted by Crippen LogP contribution is -2.38. The maximum absolute atomic E-state index is 5.83. The van der Waals surface area contributed by atoms with Crippen LogP contribution >= 0.6 is 0 Å². The van der Waals surface area contributed by atoms with E-state index in [4.69, 9.17) is 18.9 Å². The molecule has 6 nitrogen and oxygen atoms in total. The molecule has 2 heterocycles. The van der Waals surface area contributed by atoms with E-state index in [9.17, 15) is 0 Å². The van der Waals surface area contributed by atoms with Crippen LogP contribution in [-0.2, 0) is 9.47 Å². The van der Waals surface area contributed by atoms with Crippen molar-refractivity contribution in [2.45, 2.75) is 12.2 Å². The minimum Gasteiger partial charge on any atom is -0.491 e. The zero-order chi connectivity index (χ0) is 24.2. The van der Waals surface area contributed by atoms with Gasteiger partial charge in [-0.25, -0.2) is 0 Å². The highest BCUT2D eigenvalue weighted by atomic mass is 16.6. The van der Waals surface area contributed by atoms with Gasteiger partial charge in [0.15, 0.2) is 0 Å². The van der Waals surface area contributed by atoms with E-state index in [1.54, 1.807) is 0 Å². The number of hydrogen-bond donors (Lipinski definition) is 0. The van der Waals surface area contributed by atoms with Crippen LogP contribution in [0.2, 0.25) is 0 Å². The Labute approximate surface area is 210 Å². The van der Waals surface area contributed by atoms with Gasteiger partial charge in [0.1, 0.15) is 30.3 Å². The van der Waals surface area contributed by atoms with Crippen LogP contribution in [0.1, 0.15) is 0 Å². The van der Waals surface area contributed by atoms with Gasteiger partial charge in [-0.15, -0.1) is 0 Å². The molecule has 0 aromatic heterocycles. The second-order valence-corrected chi connectivity index (χ2v) is 8.89. The molecule has 0 N–H and O–H groups in total. The van der Waals surface area contributed by atoms with E-state index < -0.39 is 0 Å². The molecule has 180 valence electrons. The van der Waals surface area contributed by atoms with Gasteiger partial charge in [-0.05, 0) is 70.8 Å². The lowest BCUT2D eigenvalue weighted by Gasteiger charge is -2.26. The van der Waals surface area contributed by atoms with Crippen molar-refractivity contribution in [1.29, 1.82) is 0 Å². The first-order valence-electron chi connectivity index (χ1n) is 12.1. The molecule has 0 saturated carbocycles. The van der Waals surface area contributed by atoms with Gasteiger partial charge in [-0.2, -0.15) is 10.2 Å². The minimum absolute atomic E-state index is 0.177. The van der Waals surface area contributed by atoms with Gasteiger partial charge in [-0.3, -0.25) is 0 Å². The van der Waals surface area contributed by atoms with Crippen molar-refractivity contribution in [3.05, 3.63) is 97.1 Å². The summed E-state index contributed by atoms with van der Waals surface area (Å²) in [5.41, 5.74) is 6.10. The molecule has 0 amide bonds. The normalized spacial score (nSPS) is 17.1. The summed E-state index contributed by atoms with van der Waals surface area (Å²) in [5, 5.41) is 8.79. The molecular formula is C30H26N2O4. The molecule has 1 atom stereocenters. The molecule has 2 saturated heterocycles.